The Kier molecular flexibility index (Phi) is 5.32. The van der Waals surface area contributed by atoms with Crippen molar-refractivity contribution >= 4 is 21.8 Å². The van der Waals surface area contributed by atoms with Crippen LogP contribution in [0.2, 0.25) is 0 Å². The number of benzene rings is 2. The number of fused-ring (bicyclic) bond motifs is 2. The molecule has 2 heterocycles. The third-order valence-electron chi connectivity index (χ3n) is 5.65. The number of phenols is 3. The average molecular weight is 409 g/mol. The molecule has 30 heavy (non-hydrogen) atoms. The Morgan fingerprint density at radius 2 is 1.60 bits per heavy atom. The Hall–Kier alpha value is -3.16. The molecule has 0 aliphatic rings. The molecule has 0 unspecified atom stereocenters. The van der Waals surface area contributed by atoms with Gasteiger partial charge < -0.3 is 35.5 Å². The highest BCUT2D eigenvalue weighted by molar-refractivity contribution is 6.03. The molecule has 6 N–H and O–H groups in total. The van der Waals surface area contributed by atoms with Crippen molar-refractivity contribution in [2.75, 3.05) is 34.2 Å². The van der Waals surface area contributed by atoms with Crippen LogP contribution in [-0.2, 0) is 12.8 Å². The van der Waals surface area contributed by atoms with Gasteiger partial charge in [-0.05, 0) is 69.9 Å². The van der Waals surface area contributed by atoms with E-state index in [2.05, 4.69) is 20.2 Å². The molecular formula is C23H28N4O3. The van der Waals surface area contributed by atoms with Gasteiger partial charge in [-0.2, -0.15) is 0 Å². The molecule has 0 aliphatic heterocycles. The number of nitrogens with one attached hydrogen (secondary N) is 3. The predicted octanol–water partition coefficient (Wildman–Crippen LogP) is 3.30. The summed E-state index contributed by atoms with van der Waals surface area (Å²) in [5, 5.41) is 37.3. The Balaban J connectivity index is 1.88. The fraction of sp³-hybridized carbons (Fsp3) is 0.304. The summed E-state index contributed by atoms with van der Waals surface area (Å²) in [6, 6.07) is 5.16. The minimum absolute atomic E-state index is 0.0369. The van der Waals surface area contributed by atoms with Crippen LogP contribution in [0.15, 0.2) is 30.6 Å². The van der Waals surface area contributed by atoms with E-state index in [1.54, 1.807) is 12.3 Å². The van der Waals surface area contributed by atoms with Gasteiger partial charge in [0.05, 0.1) is 5.52 Å². The topological polar surface area (TPSA) is 108 Å². The summed E-state index contributed by atoms with van der Waals surface area (Å²) in [6.45, 7) is 1.60. The van der Waals surface area contributed by atoms with Crippen LogP contribution >= 0.6 is 0 Å². The van der Waals surface area contributed by atoms with Gasteiger partial charge in [-0.25, -0.2) is 0 Å². The molecule has 0 fully saturated rings. The molecule has 4 rings (SSSR count). The zero-order chi connectivity index (χ0) is 21.4. The van der Waals surface area contributed by atoms with Crippen molar-refractivity contribution in [1.82, 2.24) is 20.2 Å². The molecule has 158 valence electrons. The molecule has 7 nitrogen and oxygen atoms in total. The van der Waals surface area contributed by atoms with Crippen LogP contribution in [0.5, 0.6) is 17.2 Å². The maximum Gasteiger partial charge on any atom is 0.140 e. The molecule has 0 amide bonds. The van der Waals surface area contributed by atoms with Crippen molar-refractivity contribution < 1.29 is 15.3 Å². The van der Waals surface area contributed by atoms with Gasteiger partial charge in [0.1, 0.15) is 17.2 Å². The van der Waals surface area contributed by atoms with Crippen LogP contribution in [0, 0.1) is 0 Å². The van der Waals surface area contributed by atoms with Crippen LogP contribution in [-0.4, -0.2) is 64.4 Å². The highest BCUT2D eigenvalue weighted by Gasteiger charge is 2.21. The number of aromatic amines is 2. The van der Waals surface area contributed by atoms with Gasteiger partial charge in [0.2, 0.25) is 0 Å². The minimum Gasteiger partial charge on any atom is -0.507 e. The third-order valence-corrected chi connectivity index (χ3v) is 5.65. The first-order valence-electron chi connectivity index (χ1n) is 10.1. The molecule has 2 aromatic carbocycles. The van der Waals surface area contributed by atoms with E-state index < -0.39 is 0 Å². The van der Waals surface area contributed by atoms with Crippen molar-refractivity contribution in [1.29, 1.82) is 0 Å². The van der Waals surface area contributed by atoms with E-state index in [1.807, 2.05) is 33.4 Å². The van der Waals surface area contributed by atoms with Gasteiger partial charge in [-0.15, -0.1) is 0 Å². The van der Waals surface area contributed by atoms with Crippen LogP contribution in [0.3, 0.4) is 0 Å². The fourth-order valence-corrected chi connectivity index (χ4v) is 4.04. The van der Waals surface area contributed by atoms with Crippen LogP contribution in [0.4, 0.5) is 0 Å². The van der Waals surface area contributed by atoms with Crippen LogP contribution in [0.25, 0.3) is 32.9 Å². The molecule has 0 saturated heterocycles. The lowest BCUT2D eigenvalue weighted by Crippen LogP contribution is -2.14. The van der Waals surface area contributed by atoms with E-state index in [-0.39, 0.29) is 17.2 Å². The van der Waals surface area contributed by atoms with Gasteiger partial charge in [0.15, 0.2) is 0 Å². The molecule has 2 aromatic heterocycles. The summed E-state index contributed by atoms with van der Waals surface area (Å²) in [5.41, 5.74) is 4.15. The molecular weight excluding hydrogens is 380 g/mol. The first-order valence-corrected chi connectivity index (χ1v) is 10.1. The summed E-state index contributed by atoms with van der Waals surface area (Å²) in [6.07, 6.45) is 5.21. The number of likely N-dealkylation sites (N-methyl/N-ethyl adjacent to an activating group) is 2. The van der Waals surface area contributed by atoms with Crippen molar-refractivity contribution in [3.8, 4) is 28.4 Å². The lowest BCUT2D eigenvalue weighted by atomic mass is 9.96. The van der Waals surface area contributed by atoms with E-state index in [0.717, 1.165) is 41.5 Å². The van der Waals surface area contributed by atoms with Gasteiger partial charge in [-0.1, -0.05) is 0 Å². The second-order valence-corrected chi connectivity index (χ2v) is 7.96. The highest BCUT2D eigenvalue weighted by Crippen LogP contribution is 2.46. The van der Waals surface area contributed by atoms with E-state index in [0.29, 0.717) is 28.5 Å². The van der Waals surface area contributed by atoms with Crippen LogP contribution in [0.1, 0.15) is 11.1 Å². The quantitative estimate of drug-likeness (QED) is 0.263. The standard InChI is InChI=1S/C23H28N4O3/c1-24-8-6-13-12-26-21-18(28)10-16(23(30)20(13)21)15-4-5-17-19(22(15)29)14(11-25-17)7-9-27(2)3/h4-5,10-12,24-26,28-30H,6-9H2,1-3H3. The number of aromatic hydroxyl groups is 3. The van der Waals surface area contributed by atoms with Gasteiger partial charge in [0, 0.05) is 46.4 Å². The van der Waals surface area contributed by atoms with Crippen molar-refractivity contribution in [2.24, 2.45) is 0 Å². The lowest BCUT2D eigenvalue weighted by Gasteiger charge is -2.13. The summed E-state index contributed by atoms with van der Waals surface area (Å²) < 4.78 is 0. The number of rotatable bonds is 7. The van der Waals surface area contributed by atoms with Crippen molar-refractivity contribution in [3.05, 3.63) is 41.7 Å². The first-order chi connectivity index (χ1) is 14.4. The summed E-state index contributed by atoms with van der Waals surface area (Å²) >= 11 is 0. The maximum absolute atomic E-state index is 11.1. The number of aromatic nitrogens is 2. The molecule has 4 aromatic rings. The Morgan fingerprint density at radius 3 is 2.33 bits per heavy atom. The second-order valence-electron chi connectivity index (χ2n) is 7.96. The van der Waals surface area contributed by atoms with Crippen molar-refractivity contribution in [2.45, 2.75) is 12.8 Å². The number of H-pyrrole nitrogens is 2. The second kappa shape index (κ2) is 7.93. The van der Waals surface area contributed by atoms with Gasteiger partial charge >= 0.3 is 0 Å². The molecule has 0 bridgehead atoms. The van der Waals surface area contributed by atoms with Gasteiger partial charge in [-0.3, -0.25) is 0 Å². The smallest absolute Gasteiger partial charge is 0.140 e. The van der Waals surface area contributed by atoms with Crippen LogP contribution < -0.4 is 5.32 Å². The van der Waals surface area contributed by atoms with E-state index >= 15 is 0 Å². The highest BCUT2D eigenvalue weighted by atomic mass is 16.3. The molecule has 0 atom stereocenters. The first kappa shape index (κ1) is 20.1. The number of nitrogens with zero attached hydrogens (tertiary/aromatic N) is 1. The van der Waals surface area contributed by atoms with Gasteiger partial charge in [0.25, 0.3) is 0 Å². The van der Waals surface area contributed by atoms with E-state index in [1.165, 1.54) is 6.07 Å². The van der Waals surface area contributed by atoms with Crippen molar-refractivity contribution in [3.63, 3.8) is 0 Å². The molecule has 7 heteroatoms. The number of hydrogen-bond donors (Lipinski definition) is 6. The maximum atomic E-state index is 11.1. The average Bonchev–Trinajstić information content (AvgIpc) is 3.33. The summed E-state index contributed by atoms with van der Waals surface area (Å²) in [7, 11) is 5.90. The molecule has 0 saturated carbocycles. The monoisotopic (exact) mass is 408 g/mol. The molecule has 0 aliphatic carbocycles. The Labute approximate surface area is 175 Å². The molecule has 0 spiro atoms. The zero-order valence-corrected chi connectivity index (χ0v) is 17.5. The normalized spacial score (nSPS) is 11.9. The Morgan fingerprint density at radius 1 is 0.900 bits per heavy atom. The number of hydrogen-bond acceptors (Lipinski definition) is 5. The zero-order valence-electron chi connectivity index (χ0n) is 17.5. The summed E-state index contributed by atoms with van der Waals surface area (Å²) in [5.74, 6) is 0.189. The minimum atomic E-state index is 0.0369. The van der Waals surface area contributed by atoms with E-state index in [9.17, 15) is 15.3 Å². The fourth-order valence-electron chi connectivity index (χ4n) is 4.04. The predicted molar refractivity (Wildman–Crippen MR) is 120 cm³/mol. The lowest BCUT2D eigenvalue weighted by molar-refractivity contribution is 0.414. The SMILES string of the molecule is CNCCc1c[nH]c2c(O)cc(-c3ccc4[nH]cc(CCN(C)C)c4c3O)c(O)c12. The number of phenolic OH excluding ortho intramolecular Hbond substituents is 3. The summed E-state index contributed by atoms with van der Waals surface area (Å²) in [4.78, 5) is 8.36. The largest absolute Gasteiger partial charge is 0.507 e. The Bertz CT molecular complexity index is 1210. The third kappa shape index (κ3) is 3.36. The van der Waals surface area contributed by atoms with E-state index in [4.69, 9.17) is 0 Å². The molecule has 0 radical (unpaired) electrons.